The van der Waals surface area contributed by atoms with E-state index in [0.717, 1.165) is 28.1 Å². The van der Waals surface area contributed by atoms with Crippen LogP contribution in [-0.4, -0.2) is 40.8 Å². The number of pyridine rings is 1. The van der Waals surface area contributed by atoms with Crippen LogP contribution in [0.4, 0.5) is 11.4 Å². The van der Waals surface area contributed by atoms with E-state index in [1.165, 1.54) is 7.11 Å². The maximum atomic E-state index is 12.1. The number of methoxy groups -OCH3 is 1. The van der Waals surface area contributed by atoms with E-state index in [2.05, 4.69) is 15.6 Å². The van der Waals surface area contributed by atoms with Crippen LogP contribution < -0.4 is 15.5 Å². The van der Waals surface area contributed by atoms with Crippen LogP contribution in [0.25, 0.3) is 11.3 Å². The molecule has 5 rings (SSSR count). The van der Waals surface area contributed by atoms with Crippen LogP contribution in [0.2, 0.25) is 0 Å². The Balaban J connectivity index is 1.54. The van der Waals surface area contributed by atoms with Gasteiger partial charge in [0.1, 0.15) is 24.2 Å². The van der Waals surface area contributed by atoms with Crippen molar-refractivity contribution in [1.82, 2.24) is 10.3 Å². The van der Waals surface area contributed by atoms with Gasteiger partial charge in [0, 0.05) is 30.2 Å². The summed E-state index contributed by atoms with van der Waals surface area (Å²) in [5.74, 6) is 0.0672. The van der Waals surface area contributed by atoms with Crippen molar-refractivity contribution >= 4 is 40.6 Å². The van der Waals surface area contributed by atoms with Crippen molar-refractivity contribution in [3.8, 4) is 11.3 Å². The molecule has 9 nitrogen and oxygen atoms in total. The van der Waals surface area contributed by atoms with E-state index in [-0.39, 0.29) is 30.2 Å². The highest BCUT2D eigenvalue weighted by Gasteiger charge is 2.42. The molecule has 1 fully saturated rings. The Morgan fingerprint density at radius 1 is 1.10 bits per heavy atom. The molecule has 1 amide bonds. The van der Waals surface area contributed by atoms with E-state index in [1.807, 2.05) is 67.3 Å². The molecule has 0 aliphatic carbocycles. The quantitative estimate of drug-likeness (QED) is 0.245. The van der Waals surface area contributed by atoms with Crippen molar-refractivity contribution in [3.63, 3.8) is 0 Å². The molecule has 2 atom stereocenters. The molecule has 10 heteroatoms. The first-order valence-electron chi connectivity index (χ1n) is 12.6. The number of ether oxygens (including phenoxy) is 1. The third-order valence-corrected chi connectivity index (χ3v) is 7.11. The highest BCUT2D eigenvalue weighted by molar-refractivity contribution is 7.80. The van der Waals surface area contributed by atoms with E-state index in [9.17, 15) is 14.7 Å². The maximum absolute atomic E-state index is 12.1. The number of benzene rings is 2. The molecule has 0 bridgehead atoms. The number of carboxylic acids is 1. The first-order chi connectivity index (χ1) is 19.3. The average molecular weight is 557 g/mol. The number of carboxylic acid groups (broad SMARTS) is 1. The van der Waals surface area contributed by atoms with E-state index < -0.39 is 5.97 Å². The number of aromatic nitrogens is 1. The van der Waals surface area contributed by atoms with Gasteiger partial charge in [-0.3, -0.25) is 9.78 Å². The maximum Gasteiger partial charge on any atom is 0.335 e. The zero-order valence-corrected chi connectivity index (χ0v) is 23.0. The van der Waals surface area contributed by atoms with Gasteiger partial charge >= 0.3 is 5.97 Å². The van der Waals surface area contributed by atoms with Gasteiger partial charge in [-0.25, -0.2) is 4.79 Å². The fourth-order valence-electron chi connectivity index (χ4n) is 4.91. The summed E-state index contributed by atoms with van der Waals surface area (Å²) >= 11 is 5.82. The van der Waals surface area contributed by atoms with Gasteiger partial charge in [0.25, 0.3) is 0 Å². The number of carbonyl (C=O) groups excluding carboxylic acids is 1. The molecular formula is C30H28N4O5S. The fraction of sp³-hybridized carbons (Fsp3) is 0.200. The molecule has 0 radical (unpaired) electrons. The number of anilines is 2. The highest BCUT2D eigenvalue weighted by Crippen LogP contribution is 2.43. The van der Waals surface area contributed by atoms with E-state index >= 15 is 0 Å². The Kier molecular flexibility index (Phi) is 7.63. The number of thiocarbonyl (C=S) groups is 1. The Labute approximate surface area is 236 Å². The number of carbonyl (C=O) groups is 2. The predicted octanol–water partition coefficient (Wildman–Crippen LogP) is 5.42. The minimum Gasteiger partial charge on any atom is -0.478 e. The zero-order chi connectivity index (χ0) is 28.4. The summed E-state index contributed by atoms with van der Waals surface area (Å²) in [6.45, 7) is 3.74. The van der Waals surface area contributed by atoms with Crippen molar-refractivity contribution in [2.24, 2.45) is 0 Å². The van der Waals surface area contributed by atoms with Gasteiger partial charge < -0.3 is 29.8 Å². The SMILES string of the molecule is COCC(=O)Nc1ccc(N2C(=S)NC(c3ccccn3)C2c2ccc(-c3ccc(C(=O)O)cc3C)o2)cc1C. The topological polar surface area (TPSA) is 117 Å². The van der Waals surface area contributed by atoms with E-state index in [0.29, 0.717) is 22.3 Å². The van der Waals surface area contributed by atoms with Gasteiger partial charge in [-0.1, -0.05) is 12.1 Å². The van der Waals surface area contributed by atoms with Gasteiger partial charge in [0.05, 0.1) is 17.3 Å². The van der Waals surface area contributed by atoms with Gasteiger partial charge in [-0.2, -0.15) is 0 Å². The van der Waals surface area contributed by atoms with Gasteiger partial charge in [-0.05, 0) is 91.8 Å². The zero-order valence-electron chi connectivity index (χ0n) is 22.2. The monoisotopic (exact) mass is 556 g/mol. The molecule has 2 aromatic heterocycles. The molecule has 3 N–H and O–H groups in total. The van der Waals surface area contributed by atoms with Crippen molar-refractivity contribution < 1.29 is 23.8 Å². The highest BCUT2D eigenvalue weighted by atomic mass is 32.1. The minimum atomic E-state index is -0.978. The lowest BCUT2D eigenvalue weighted by atomic mass is 10.0. The normalized spacial score (nSPS) is 16.6. The molecule has 1 saturated heterocycles. The largest absolute Gasteiger partial charge is 0.478 e. The number of aryl methyl sites for hydroxylation is 2. The summed E-state index contributed by atoms with van der Waals surface area (Å²) < 4.78 is 11.4. The molecule has 1 aliphatic rings. The van der Waals surface area contributed by atoms with Gasteiger partial charge in [0.2, 0.25) is 5.91 Å². The number of rotatable bonds is 8. The van der Waals surface area contributed by atoms with Crippen molar-refractivity contribution in [1.29, 1.82) is 0 Å². The summed E-state index contributed by atoms with van der Waals surface area (Å²) in [5, 5.41) is 16.1. The summed E-state index contributed by atoms with van der Waals surface area (Å²) in [6, 6.07) is 19.5. The fourth-order valence-corrected chi connectivity index (χ4v) is 5.25. The summed E-state index contributed by atoms with van der Waals surface area (Å²) in [6.07, 6.45) is 1.74. The predicted molar refractivity (Wildman–Crippen MR) is 155 cm³/mol. The number of aromatic carboxylic acids is 1. The van der Waals surface area contributed by atoms with E-state index in [4.69, 9.17) is 21.4 Å². The lowest BCUT2D eigenvalue weighted by Crippen LogP contribution is -2.29. The minimum absolute atomic E-state index is 0.0332. The Morgan fingerprint density at radius 2 is 1.93 bits per heavy atom. The molecule has 4 aromatic rings. The van der Waals surface area contributed by atoms with Crippen molar-refractivity contribution in [2.45, 2.75) is 25.9 Å². The molecule has 40 heavy (non-hydrogen) atoms. The second-order valence-electron chi connectivity index (χ2n) is 9.51. The molecule has 1 aliphatic heterocycles. The standard InChI is InChI=1S/C30H28N4O5S/c1-17-14-19(29(36)37)7-9-21(17)24-11-12-25(39-24)28-27(23-6-4-5-13-31-23)33-30(40)34(28)20-8-10-22(18(2)15-20)32-26(35)16-38-3/h4-15,27-28H,16H2,1-3H3,(H,32,35)(H,33,40)(H,36,37). The van der Waals surface area contributed by atoms with E-state index in [1.54, 1.807) is 24.4 Å². The van der Waals surface area contributed by atoms with Crippen LogP contribution in [0.5, 0.6) is 0 Å². The number of amides is 1. The van der Waals surface area contributed by atoms with Crippen LogP contribution >= 0.6 is 12.2 Å². The van der Waals surface area contributed by atoms with Crippen molar-refractivity contribution in [2.75, 3.05) is 23.9 Å². The first-order valence-corrected chi connectivity index (χ1v) is 13.0. The van der Waals surface area contributed by atoms with Crippen LogP contribution in [0.15, 0.2) is 77.3 Å². The summed E-state index contributed by atoms with van der Waals surface area (Å²) in [5.41, 5.74) is 4.98. The lowest BCUT2D eigenvalue weighted by Gasteiger charge is -2.27. The lowest BCUT2D eigenvalue weighted by molar-refractivity contribution is -0.119. The smallest absolute Gasteiger partial charge is 0.335 e. The third-order valence-electron chi connectivity index (χ3n) is 6.79. The number of hydrogen-bond acceptors (Lipinski definition) is 6. The van der Waals surface area contributed by atoms with Crippen LogP contribution in [0.3, 0.4) is 0 Å². The molecule has 2 unspecified atom stereocenters. The first kappa shape index (κ1) is 27.0. The molecule has 2 aromatic carbocycles. The Morgan fingerprint density at radius 3 is 2.60 bits per heavy atom. The Hall–Kier alpha value is -4.54. The van der Waals surface area contributed by atoms with Crippen LogP contribution in [0, 0.1) is 13.8 Å². The molecule has 0 saturated carbocycles. The van der Waals surface area contributed by atoms with Crippen LogP contribution in [-0.2, 0) is 9.53 Å². The third kappa shape index (κ3) is 5.31. The Bertz CT molecular complexity index is 1590. The second kappa shape index (κ2) is 11.3. The second-order valence-corrected chi connectivity index (χ2v) is 9.90. The number of furan rings is 1. The molecular weight excluding hydrogens is 528 g/mol. The van der Waals surface area contributed by atoms with Crippen LogP contribution in [0.1, 0.15) is 45.0 Å². The van der Waals surface area contributed by atoms with Gasteiger partial charge in [0.15, 0.2) is 5.11 Å². The number of nitrogens with zero attached hydrogens (tertiary/aromatic N) is 2. The summed E-state index contributed by atoms with van der Waals surface area (Å²) in [4.78, 5) is 30.0. The van der Waals surface area contributed by atoms with Crippen molar-refractivity contribution in [3.05, 3.63) is 101 Å². The summed E-state index contributed by atoms with van der Waals surface area (Å²) in [7, 11) is 1.47. The number of nitrogens with one attached hydrogen (secondary N) is 2. The molecule has 204 valence electrons. The molecule has 0 spiro atoms. The average Bonchev–Trinajstić information content (AvgIpc) is 3.55. The van der Waals surface area contributed by atoms with Gasteiger partial charge in [-0.15, -0.1) is 0 Å². The number of hydrogen-bond donors (Lipinski definition) is 3. The molecule has 3 heterocycles.